The van der Waals surface area contributed by atoms with Crippen LogP contribution >= 0.6 is 22.6 Å². The van der Waals surface area contributed by atoms with Crippen molar-refractivity contribution in [1.29, 1.82) is 0 Å². The van der Waals surface area contributed by atoms with Gasteiger partial charge in [-0.05, 0) is 57.9 Å². The van der Waals surface area contributed by atoms with Gasteiger partial charge in [-0.2, -0.15) is 0 Å². The number of hydrogen-bond acceptors (Lipinski definition) is 1. The van der Waals surface area contributed by atoms with Gasteiger partial charge in [0, 0.05) is 3.57 Å². The van der Waals surface area contributed by atoms with Crippen molar-refractivity contribution in [2.24, 2.45) is 5.92 Å². The molecule has 1 rings (SSSR count). The van der Waals surface area contributed by atoms with Gasteiger partial charge in [-0.15, -0.1) is 0 Å². The van der Waals surface area contributed by atoms with Gasteiger partial charge < -0.3 is 0 Å². The van der Waals surface area contributed by atoms with Gasteiger partial charge in [-0.1, -0.05) is 26.0 Å². The predicted octanol–water partition coefficient (Wildman–Crippen LogP) is 3.53. The Morgan fingerprint density at radius 3 is 2.29 bits per heavy atom. The molecule has 74 valence electrons. The topological polar surface area (TPSA) is 17.1 Å². The van der Waals surface area contributed by atoms with E-state index in [2.05, 4.69) is 22.6 Å². The molecule has 0 bridgehead atoms. The number of aldehydes is 1. The van der Waals surface area contributed by atoms with E-state index < -0.39 is 0 Å². The van der Waals surface area contributed by atoms with Gasteiger partial charge in [0.2, 0.25) is 0 Å². The van der Waals surface area contributed by atoms with E-state index in [1.807, 2.05) is 44.2 Å². The molecular weight excluding hydrogens is 287 g/mol. The SMILES string of the molecule is CC(C)/C(C=O)=C/c1ccc(I)cc1. The molecule has 0 heterocycles. The molecule has 0 atom stereocenters. The van der Waals surface area contributed by atoms with Crippen LogP contribution in [0.1, 0.15) is 19.4 Å². The van der Waals surface area contributed by atoms with Crippen LogP contribution in [-0.2, 0) is 4.79 Å². The second-order valence-corrected chi connectivity index (χ2v) is 4.71. The molecule has 0 spiro atoms. The van der Waals surface area contributed by atoms with Crippen molar-refractivity contribution in [3.63, 3.8) is 0 Å². The molecule has 1 aromatic carbocycles. The molecule has 14 heavy (non-hydrogen) atoms. The number of hydrogen-bond donors (Lipinski definition) is 0. The Balaban J connectivity index is 2.95. The minimum Gasteiger partial charge on any atom is -0.298 e. The summed E-state index contributed by atoms with van der Waals surface area (Å²) in [6, 6.07) is 8.12. The standard InChI is InChI=1S/C12H13IO/c1-9(2)11(8-14)7-10-3-5-12(13)6-4-10/h3-9H,1-2H3/b11-7+. The zero-order chi connectivity index (χ0) is 10.6. The normalized spacial score (nSPS) is 11.9. The molecule has 0 radical (unpaired) electrons. The van der Waals surface area contributed by atoms with E-state index in [1.165, 1.54) is 3.57 Å². The quantitative estimate of drug-likeness (QED) is 0.474. The molecule has 0 fully saturated rings. The van der Waals surface area contributed by atoms with Crippen molar-refractivity contribution in [2.45, 2.75) is 13.8 Å². The first kappa shape index (κ1) is 11.4. The highest BCUT2D eigenvalue weighted by Crippen LogP contribution is 2.14. The van der Waals surface area contributed by atoms with Crippen LogP contribution in [0.5, 0.6) is 0 Å². The summed E-state index contributed by atoms with van der Waals surface area (Å²) in [4.78, 5) is 10.7. The molecule has 0 aliphatic heterocycles. The van der Waals surface area contributed by atoms with Gasteiger partial charge in [0.25, 0.3) is 0 Å². The number of carbonyl (C=O) groups excluding carboxylic acids is 1. The maximum Gasteiger partial charge on any atom is 0.146 e. The number of benzene rings is 1. The van der Waals surface area contributed by atoms with Gasteiger partial charge >= 0.3 is 0 Å². The van der Waals surface area contributed by atoms with Gasteiger partial charge in [0.15, 0.2) is 0 Å². The Morgan fingerprint density at radius 1 is 1.29 bits per heavy atom. The van der Waals surface area contributed by atoms with Gasteiger partial charge in [0.1, 0.15) is 6.29 Å². The van der Waals surface area contributed by atoms with Crippen LogP contribution < -0.4 is 0 Å². The summed E-state index contributed by atoms with van der Waals surface area (Å²) in [7, 11) is 0. The monoisotopic (exact) mass is 300 g/mol. The zero-order valence-corrected chi connectivity index (χ0v) is 10.5. The fraction of sp³-hybridized carbons (Fsp3) is 0.250. The van der Waals surface area contributed by atoms with Crippen LogP contribution in [0.3, 0.4) is 0 Å². The molecular formula is C12H13IO. The predicted molar refractivity (Wildman–Crippen MR) is 68.0 cm³/mol. The Morgan fingerprint density at radius 2 is 1.86 bits per heavy atom. The molecule has 1 aromatic rings. The first-order valence-corrected chi connectivity index (χ1v) is 5.63. The average molecular weight is 300 g/mol. The number of carbonyl (C=O) groups is 1. The lowest BCUT2D eigenvalue weighted by Crippen LogP contribution is -1.94. The Kier molecular flexibility index (Phi) is 4.32. The van der Waals surface area contributed by atoms with Crippen LogP contribution in [0, 0.1) is 9.49 Å². The number of halogens is 1. The van der Waals surface area contributed by atoms with Crippen LogP contribution in [0.15, 0.2) is 29.8 Å². The lowest BCUT2D eigenvalue weighted by Gasteiger charge is -2.03. The van der Waals surface area contributed by atoms with Crippen molar-refractivity contribution in [3.05, 3.63) is 39.0 Å². The molecule has 0 aliphatic rings. The van der Waals surface area contributed by atoms with E-state index in [0.717, 1.165) is 17.4 Å². The zero-order valence-electron chi connectivity index (χ0n) is 8.33. The van der Waals surface area contributed by atoms with E-state index in [4.69, 9.17) is 0 Å². The van der Waals surface area contributed by atoms with E-state index in [0.29, 0.717) is 0 Å². The molecule has 0 saturated carbocycles. The van der Waals surface area contributed by atoms with Crippen molar-refractivity contribution >= 4 is 35.0 Å². The van der Waals surface area contributed by atoms with Crippen LogP contribution in [-0.4, -0.2) is 6.29 Å². The van der Waals surface area contributed by atoms with E-state index in [1.54, 1.807) is 0 Å². The number of allylic oxidation sites excluding steroid dienone is 1. The highest BCUT2D eigenvalue weighted by atomic mass is 127. The third-order valence-corrected chi connectivity index (χ3v) is 2.73. The first-order valence-electron chi connectivity index (χ1n) is 4.56. The van der Waals surface area contributed by atoms with E-state index in [-0.39, 0.29) is 5.92 Å². The molecule has 0 saturated heterocycles. The second-order valence-electron chi connectivity index (χ2n) is 3.47. The fourth-order valence-corrected chi connectivity index (χ4v) is 1.45. The Bertz CT molecular complexity index is 336. The third-order valence-electron chi connectivity index (χ3n) is 2.01. The average Bonchev–Trinajstić information content (AvgIpc) is 2.16. The highest BCUT2D eigenvalue weighted by molar-refractivity contribution is 14.1. The molecule has 0 aromatic heterocycles. The second kappa shape index (κ2) is 5.29. The summed E-state index contributed by atoms with van der Waals surface area (Å²) in [5.74, 6) is 0.284. The van der Waals surface area contributed by atoms with Crippen LogP contribution in [0.2, 0.25) is 0 Å². The van der Waals surface area contributed by atoms with Gasteiger partial charge in [-0.3, -0.25) is 4.79 Å². The van der Waals surface area contributed by atoms with Gasteiger partial charge in [0.05, 0.1) is 0 Å². The summed E-state index contributed by atoms with van der Waals surface area (Å²) in [6.45, 7) is 4.04. The van der Waals surface area contributed by atoms with Gasteiger partial charge in [-0.25, -0.2) is 0 Å². The molecule has 0 unspecified atom stereocenters. The van der Waals surface area contributed by atoms with E-state index >= 15 is 0 Å². The molecule has 0 aliphatic carbocycles. The minimum absolute atomic E-state index is 0.284. The van der Waals surface area contributed by atoms with Crippen molar-refractivity contribution in [2.75, 3.05) is 0 Å². The maximum absolute atomic E-state index is 10.7. The van der Waals surface area contributed by atoms with Crippen LogP contribution in [0.4, 0.5) is 0 Å². The Labute approximate surface area is 98.4 Å². The maximum atomic E-state index is 10.7. The molecule has 0 N–H and O–H groups in total. The Hall–Kier alpha value is -0.640. The first-order chi connectivity index (χ1) is 6.63. The lowest BCUT2D eigenvalue weighted by molar-refractivity contribution is -0.105. The molecule has 0 amide bonds. The van der Waals surface area contributed by atoms with E-state index in [9.17, 15) is 4.79 Å². The minimum atomic E-state index is 0.284. The summed E-state index contributed by atoms with van der Waals surface area (Å²) in [5, 5.41) is 0. The van der Waals surface area contributed by atoms with Crippen molar-refractivity contribution < 1.29 is 4.79 Å². The largest absolute Gasteiger partial charge is 0.298 e. The molecule has 1 nitrogen and oxygen atoms in total. The third kappa shape index (κ3) is 3.25. The fourth-order valence-electron chi connectivity index (χ4n) is 1.09. The van der Waals surface area contributed by atoms with Crippen molar-refractivity contribution in [3.8, 4) is 0 Å². The molecule has 2 heteroatoms. The van der Waals surface area contributed by atoms with Crippen molar-refractivity contribution in [1.82, 2.24) is 0 Å². The summed E-state index contributed by atoms with van der Waals surface area (Å²) in [5.41, 5.74) is 1.92. The highest BCUT2D eigenvalue weighted by Gasteiger charge is 2.01. The smallest absolute Gasteiger partial charge is 0.146 e. The summed E-state index contributed by atoms with van der Waals surface area (Å²) in [6.07, 6.45) is 2.87. The van der Waals surface area contributed by atoms with Crippen LogP contribution in [0.25, 0.3) is 6.08 Å². The number of rotatable bonds is 3. The lowest BCUT2D eigenvalue weighted by atomic mass is 10.0. The summed E-state index contributed by atoms with van der Waals surface area (Å²) < 4.78 is 1.21. The summed E-state index contributed by atoms with van der Waals surface area (Å²) >= 11 is 2.26.